The van der Waals surface area contributed by atoms with Gasteiger partial charge in [-0.1, -0.05) is 0 Å². The van der Waals surface area contributed by atoms with Crippen LogP contribution in [0, 0.1) is 0 Å². The molecule has 8 nitrogen and oxygen atoms in total. The molecule has 0 radical (unpaired) electrons. The van der Waals surface area contributed by atoms with Crippen molar-refractivity contribution in [2.75, 3.05) is 7.11 Å². The summed E-state index contributed by atoms with van der Waals surface area (Å²) in [5.41, 5.74) is 2.94. The molecule has 148 valence electrons. The van der Waals surface area contributed by atoms with Crippen molar-refractivity contribution in [1.82, 2.24) is 15.0 Å². The number of aromatic hydroxyl groups is 2. The molecule has 30 heavy (non-hydrogen) atoms. The second-order valence-electron chi connectivity index (χ2n) is 6.73. The van der Waals surface area contributed by atoms with E-state index in [4.69, 9.17) is 9.47 Å². The van der Waals surface area contributed by atoms with Gasteiger partial charge in [0.2, 0.25) is 5.78 Å². The first kappa shape index (κ1) is 17.7. The number of ketones is 1. The summed E-state index contributed by atoms with van der Waals surface area (Å²) >= 11 is 0. The number of hydrogen-bond donors (Lipinski definition) is 3. The summed E-state index contributed by atoms with van der Waals surface area (Å²) in [6.07, 6.45) is 6.35. The molecule has 2 aromatic heterocycles. The van der Waals surface area contributed by atoms with Crippen molar-refractivity contribution in [3.63, 3.8) is 0 Å². The number of Topliss-reactive ketones (excluding diaryl/α,β-unsaturated/α-hetero) is 1. The number of nitrogens with zero attached hydrogens (tertiary/aromatic N) is 2. The van der Waals surface area contributed by atoms with E-state index >= 15 is 0 Å². The van der Waals surface area contributed by atoms with Crippen molar-refractivity contribution in [2.24, 2.45) is 0 Å². The Bertz CT molecular complexity index is 1340. The number of hydrogen-bond acceptors (Lipinski definition) is 7. The Hall–Kier alpha value is -4.33. The van der Waals surface area contributed by atoms with Crippen molar-refractivity contribution in [3.8, 4) is 34.3 Å². The molecule has 0 aliphatic carbocycles. The number of aromatic amines is 1. The molecule has 3 N–H and O–H groups in total. The number of carbonyl (C=O) groups excluding carboxylic acids is 1. The summed E-state index contributed by atoms with van der Waals surface area (Å²) in [5.74, 6) is -0.232. The molecule has 3 heterocycles. The van der Waals surface area contributed by atoms with Gasteiger partial charge >= 0.3 is 0 Å². The van der Waals surface area contributed by atoms with E-state index in [0.717, 1.165) is 22.5 Å². The largest absolute Gasteiger partial charge is 0.508 e. The molecule has 0 saturated heterocycles. The van der Waals surface area contributed by atoms with Crippen LogP contribution >= 0.6 is 0 Å². The number of nitrogens with one attached hydrogen (secondary N) is 1. The average Bonchev–Trinajstić information content (AvgIpc) is 3.26. The van der Waals surface area contributed by atoms with Crippen LogP contribution in [-0.4, -0.2) is 38.1 Å². The lowest BCUT2D eigenvalue weighted by Gasteiger charge is -2.03. The molecule has 5 rings (SSSR count). The number of carbonyl (C=O) groups is 1. The predicted octanol–water partition coefficient (Wildman–Crippen LogP) is 3.66. The SMILES string of the molecule is COc1ccc2[nH]c(-c3cncnc3)c(C=C3Oc4cc(O)cc(O)c4C3=O)c2c1. The van der Waals surface area contributed by atoms with E-state index in [2.05, 4.69) is 15.0 Å². The zero-order chi connectivity index (χ0) is 20.8. The molecular formula is C22H15N3O5. The zero-order valence-electron chi connectivity index (χ0n) is 15.7. The van der Waals surface area contributed by atoms with E-state index in [9.17, 15) is 15.0 Å². The highest BCUT2D eigenvalue weighted by atomic mass is 16.5. The average molecular weight is 401 g/mol. The molecule has 4 aromatic rings. The molecule has 8 heteroatoms. The Balaban J connectivity index is 1.72. The first-order chi connectivity index (χ1) is 14.5. The Kier molecular flexibility index (Phi) is 3.92. The maximum Gasteiger partial charge on any atom is 0.235 e. The smallest absolute Gasteiger partial charge is 0.235 e. The number of H-pyrrole nitrogens is 1. The van der Waals surface area contributed by atoms with Gasteiger partial charge in [0.25, 0.3) is 0 Å². The van der Waals surface area contributed by atoms with E-state index in [1.807, 2.05) is 18.2 Å². The minimum absolute atomic E-state index is 0.0149. The van der Waals surface area contributed by atoms with Gasteiger partial charge in [-0.15, -0.1) is 0 Å². The van der Waals surface area contributed by atoms with Crippen LogP contribution in [0.2, 0.25) is 0 Å². The molecule has 1 aliphatic rings. The molecule has 0 saturated carbocycles. The van der Waals surface area contributed by atoms with Crippen molar-refractivity contribution in [2.45, 2.75) is 0 Å². The van der Waals surface area contributed by atoms with Crippen molar-refractivity contribution in [3.05, 3.63) is 65.9 Å². The third kappa shape index (κ3) is 2.74. The summed E-state index contributed by atoms with van der Waals surface area (Å²) in [7, 11) is 1.58. The van der Waals surface area contributed by atoms with Crippen LogP contribution < -0.4 is 9.47 Å². The van der Waals surface area contributed by atoms with Crippen molar-refractivity contribution < 1.29 is 24.5 Å². The number of ether oxygens (including phenoxy) is 2. The van der Waals surface area contributed by atoms with E-state index in [1.165, 1.54) is 12.4 Å². The van der Waals surface area contributed by atoms with Gasteiger partial charge in [-0.05, 0) is 24.3 Å². The number of benzene rings is 2. The van der Waals surface area contributed by atoms with Crippen LogP contribution in [0.5, 0.6) is 23.0 Å². The lowest BCUT2D eigenvalue weighted by atomic mass is 10.0. The monoisotopic (exact) mass is 401 g/mol. The molecule has 0 unspecified atom stereocenters. The topological polar surface area (TPSA) is 118 Å². The lowest BCUT2D eigenvalue weighted by Crippen LogP contribution is -1.98. The highest BCUT2D eigenvalue weighted by Crippen LogP contribution is 2.42. The number of phenolic OH excluding ortho intramolecular Hbond substituents is 2. The van der Waals surface area contributed by atoms with Gasteiger partial charge in [0.05, 0.1) is 12.8 Å². The van der Waals surface area contributed by atoms with Gasteiger partial charge in [0.1, 0.15) is 34.9 Å². The van der Waals surface area contributed by atoms with Crippen LogP contribution in [-0.2, 0) is 0 Å². The number of rotatable bonds is 3. The van der Waals surface area contributed by atoms with Crippen LogP contribution in [0.3, 0.4) is 0 Å². The van der Waals surface area contributed by atoms with Gasteiger partial charge in [-0.2, -0.15) is 0 Å². The second-order valence-corrected chi connectivity index (χ2v) is 6.73. The third-order valence-corrected chi connectivity index (χ3v) is 4.91. The quantitative estimate of drug-likeness (QED) is 0.448. The summed E-state index contributed by atoms with van der Waals surface area (Å²) in [6.45, 7) is 0. The molecule has 0 fully saturated rings. The minimum atomic E-state index is -0.477. The molecule has 0 atom stereocenters. The molecule has 0 bridgehead atoms. The Labute approximate surface area is 170 Å². The van der Waals surface area contributed by atoms with Crippen molar-refractivity contribution in [1.29, 1.82) is 0 Å². The van der Waals surface area contributed by atoms with Gasteiger partial charge in [0, 0.05) is 46.6 Å². The predicted molar refractivity (Wildman–Crippen MR) is 109 cm³/mol. The normalized spacial score (nSPS) is 14.2. The lowest BCUT2D eigenvalue weighted by molar-refractivity contribution is 0.101. The number of allylic oxidation sites excluding steroid dienone is 1. The highest BCUT2D eigenvalue weighted by molar-refractivity contribution is 6.17. The number of methoxy groups -OCH3 is 1. The van der Waals surface area contributed by atoms with Crippen molar-refractivity contribution >= 4 is 22.8 Å². The first-order valence-corrected chi connectivity index (χ1v) is 9.00. The van der Waals surface area contributed by atoms with Gasteiger partial charge in [-0.3, -0.25) is 4.79 Å². The summed E-state index contributed by atoms with van der Waals surface area (Å²) in [5, 5.41) is 20.6. The maximum absolute atomic E-state index is 12.9. The maximum atomic E-state index is 12.9. The van der Waals surface area contributed by atoms with Gasteiger partial charge in [-0.25, -0.2) is 9.97 Å². The fraction of sp³-hybridized carbons (Fsp3) is 0.0455. The highest BCUT2D eigenvalue weighted by Gasteiger charge is 2.32. The van der Waals surface area contributed by atoms with Crippen LogP contribution in [0.15, 0.2) is 54.8 Å². The zero-order valence-corrected chi connectivity index (χ0v) is 15.7. The third-order valence-electron chi connectivity index (χ3n) is 4.91. The molecule has 0 spiro atoms. The first-order valence-electron chi connectivity index (χ1n) is 9.00. The van der Waals surface area contributed by atoms with Gasteiger partial charge in [0.15, 0.2) is 5.76 Å². The number of aromatic nitrogens is 3. The van der Waals surface area contributed by atoms with Crippen LogP contribution in [0.4, 0.5) is 0 Å². The van der Waals surface area contributed by atoms with E-state index in [1.54, 1.807) is 25.6 Å². The minimum Gasteiger partial charge on any atom is -0.508 e. The molecule has 2 aromatic carbocycles. The standard InChI is InChI=1S/C22H15N3O5/c1-29-13-2-3-16-14(6-13)15(21(25-16)11-8-23-10-24-9-11)7-19-22(28)20-17(27)4-12(26)5-18(20)30-19/h2-10,25-27H,1H3. The van der Waals surface area contributed by atoms with Crippen LogP contribution in [0.1, 0.15) is 15.9 Å². The van der Waals surface area contributed by atoms with E-state index < -0.39 is 5.78 Å². The number of fused-ring (bicyclic) bond motifs is 2. The van der Waals surface area contributed by atoms with E-state index in [0.29, 0.717) is 17.0 Å². The second kappa shape index (κ2) is 6.63. The Morgan fingerprint density at radius 1 is 1.13 bits per heavy atom. The van der Waals surface area contributed by atoms with Crippen LogP contribution in [0.25, 0.3) is 28.2 Å². The fourth-order valence-electron chi connectivity index (χ4n) is 3.53. The molecular weight excluding hydrogens is 386 g/mol. The summed E-state index contributed by atoms with van der Waals surface area (Å²) in [6, 6.07) is 7.94. The van der Waals surface area contributed by atoms with Gasteiger partial charge < -0.3 is 24.7 Å². The fourth-order valence-corrected chi connectivity index (χ4v) is 3.53. The summed E-state index contributed by atoms with van der Waals surface area (Å²) < 4.78 is 11.0. The molecule has 1 aliphatic heterocycles. The number of phenols is 2. The van der Waals surface area contributed by atoms with E-state index in [-0.39, 0.29) is 28.6 Å². The Morgan fingerprint density at radius 3 is 2.70 bits per heavy atom. The molecule has 0 amide bonds. The Morgan fingerprint density at radius 2 is 1.93 bits per heavy atom. The summed E-state index contributed by atoms with van der Waals surface area (Å²) in [4.78, 5) is 24.3.